The zero-order valence-corrected chi connectivity index (χ0v) is 13.6. The molecule has 1 aliphatic rings. The number of aryl methyl sites for hydroxylation is 1. The molecule has 0 radical (unpaired) electrons. The third-order valence-corrected chi connectivity index (χ3v) is 4.52. The molecule has 0 aromatic heterocycles. The molecule has 3 nitrogen and oxygen atoms in total. The van der Waals surface area contributed by atoms with Crippen LogP contribution in [0.4, 0.5) is 14.5 Å². The third-order valence-electron chi connectivity index (χ3n) is 4.52. The molecule has 2 N–H and O–H groups in total. The number of carbonyl (C=O) groups excluding carboxylic acids is 1. The van der Waals surface area contributed by atoms with Crippen LogP contribution in [-0.4, -0.2) is 12.5 Å². The van der Waals surface area contributed by atoms with Gasteiger partial charge in [-0.25, -0.2) is 8.78 Å². The molecular formula is C19H20F2N2O. The number of nitrogens with two attached hydrogens (primary N) is 1. The van der Waals surface area contributed by atoms with Gasteiger partial charge in [0.05, 0.1) is 5.69 Å². The third kappa shape index (κ3) is 2.91. The second kappa shape index (κ2) is 6.32. The normalized spacial score (nSPS) is 16.4. The maximum Gasteiger partial charge on any atom is 0.275 e. The number of fused-ring (bicyclic) bond motifs is 1. The standard InChI is InChI=1S/C19H20F2N2O/c1-13-11-14(7-8-15(13)12-22)18(24)23-10-4-9-19(20,21)16-5-2-3-6-17(16)23/h2-3,5-8,11H,4,9-10,12,22H2,1H3. The summed E-state index contributed by atoms with van der Waals surface area (Å²) in [7, 11) is 0. The molecule has 1 aliphatic heterocycles. The van der Waals surface area contributed by atoms with Crippen LogP contribution < -0.4 is 10.6 Å². The number of para-hydroxylation sites is 1. The maximum atomic E-state index is 14.3. The van der Waals surface area contributed by atoms with Crippen LogP contribution in [-0.2, 0) is 12.5 Å². The van der Waals surface area contributed by atoms with Crippen LogP contribution in [0.5, 0.6) is 0 Å². The molecule has 0 aliphatic carbocycles. The van der Waals surface area contributed by atoms with Crippen molar-refractivity contribution < 1.29 is 13.6 Å². The summed E-state index contributed by atoms with van der Waals surface area (Å²) < 4.78 is 28.6. The van der Waals surface area contributed by atoms with Crippen LogP contribution >= 0.6 is 0 Å². The lowest BCUT2D eigenvalue weighted by Gasteiger charge is -2.24. The Morgan fingerprint density at radius 2 is 2.00 bits per heavy atom. The van der Waals surface area contributed by atoms with Crippen molar-refractivity contribution in [1.29, 1.82) is 0 Å². The van der Waals surface area contributed by atoms with E-state index in [1.807, 2.05) is 13.0 Å². The number of benzene rings is 2. The molecule has 126 valence electrons. The van der Waals surface area contributed by atoms with Gasteiger partial charge in [-0.3, -0.25) is 4.79 Å². The fraction of sp³-hybridized carbons (Fsp3) is 0.316. The Bertz CT molecular complexity index is 774. The fourth-order valence-electron chi connectivity index (χ4n) is 3.16. The molecule has 2 aromatic carbocycles. The van der Waals surface area contributed by atoms with Crippen molar-refractivity contribution in [1.82, 2.24) is 0 Å². The summed E-state index contributed by atoms with van der Waals surface area (Å²) in [6.07, 6.45) is 0.00617. The molecule has 3 rings (SSSR count). The predicted molar refractivity (Wildman–Crippen MR) is 90.3 cm³/mol. The van der Waals surface area contributed by atoms with Crippen LogP contribution in [0.15, 0.2) is 42.5 Å². The Morgan fingerprint density at radius 3 is 2.71 bits per heavy atom. The van der Waals surface area contributed by atoms with Gasteiger partial charge in [-0.15, -0.1) is 0 Å². The monoisotopic (exact) mass is 330 g/mol. The largest absolute Gasteiger partial charge is 0.326 e. The van der Waals surface area contributed by atoms with E-state index in [-0.39, 0.29) is 30.9 Å². The first-order valence-electron chi connectivity index (χ1n) is 8.03. The lowest BCUT2D eigenvalue weighted by molar-refractivity contribution is -0.0121. The number of nitrogens with zero attached hydrogens (tertiary/aromatic N) is 1. The highest BCUT2D eigenvalue weighted by Crippen LogP contribution is 2.41. The van der Waals surface area contributed by atoms with Crippen molar-refractivity contribution in [2.45, 2.75) is 32.2 Å². The predicted octanol–water partition coefficient (Wildman–Crippen LogP) is 3.99. The van der Waals surface area contributed by atoms with Gasteiger partial charge < -0.3 is 10.6 Å². The number of anilines is 1. The maximum absolute atomic E-state index is 14.3. The van der Waals surface area contributed by atoms with E-state index in [4.69, 9.17) is 5.73 Å². The van der Waals surface area contributed by atoms with E-state index in [1.54, 1.807) is 30.3 Å². The molecule has 0 bridgehead atoms. The SMILES string of the molecule is Cc1cc(C(=O)N2CCCC(F)(F)c3ccccc32)ccc1CN. The minimum absolute atomic E-state index is 0.0776. The van der Waals surface area contributed by atoms with Crippen LogP contribution in [0.1, 0.15) is 39.9 Å². The average Bonchev–Trinajstić information content (AvgIpc) is 2.71. The van der Waals surface area contributed by atoms with Crippen LogP contribution in [0, 0.1) is 6.92 Å². The number of alkyl halides is 2. The molecule has 1 heterocycles. The zero-order chi connectivity index (χ0) is 17.3. The van der Waals surface area contributed by atoms with Crippen LogP contribution in [0.3, 0.4) is 0 Å². The molecule has 5 heteroatoms. The van der Waals surface area contributed by atoms with Crippen LogP contribution in [0.25, 0.3) is 0 Å². The first-order valence-corrected chi connectivity index (χ1v) is 8.03. The first kappa shape index (κ1) is 16.6. The van der Waals surface area contributed by atoms with Crippen molar-refractivity contribution in [2.75, 3.05) is 11.4 Å². The summed E-state index contributed by atoms with van der Waals surface area (Å²) >= 11 is 0. The smallest absolute Gasteiger partial charge is 0.275 e. The molecule has 0 unspecified atom stereocenters. The van der Waals surface area contributed by atoms with E-state index in [9.17, 15) is 13.6 Å². The second-order valence-corrected chi connectivity index (χ2v) is 6.13. The molecule has 0 spiro atoms. The molecule has 0 atom stereocenters. The van der Waals surface area contributed by atoms with Gasteiger partial charge in [0, 0.05) is 30.6 Å². The van der Waals surface area contributed by atoms with Gasteiger partial charge in [0.25, 0.3) is 11.8 Å². The molecule has 2 aromatic rings. The van der Waals surface area contributed by atoms with Gasteiger partial charge >= 0.3 is 0 Å². The number of rotatable bonds is 2. The lowest BCUT2D eigenvalue weighted by atomic mass is 10.0. The van der Waals surface area contributed by atoms with Crippen molar-refractivity contribution in [2.24, 2.45) is 5.73 Å². The number of hydrogen-bond donors (Lipinski definition) is 1. The van der Waals surface area contributed by atoms with E-state index < -0.39 is 5.92 Å². The zero-order valence-electron chi connectivity index (χ0n) is 13.6. The minimum atomic E-state index is -2.91. The molecule has 0 saturated heterocycles. The molecular weight excluding hydrogens is 310 g/mol. The second-order valence-electron chi connectivity index (χ2n) is 6.13. The van der Waals surface area contributed by atoms with Crippen LogP contribution in [0.2, 0.25) is 0 Å². The van der Waals surface area contributed by atoms with Gasteiger partial charge in [-0.2, -0.15) is 0 Å². The number of halogens is 2. The summed E-state index contributed by atoms with van der Waals surface area (Å²) in [6.45, 7) is 2.58. The van der Waals surface area contributed by atoms with Crippen molar-refractivity contribution in [3.05, 3.63) is 64.7 Å². The van der Waals surface area contributed by atoms with Crippen molar-refractivity contribution in [3.8, 4) is 0 Å². The number of amides is 1. The Hall–Kier alpha value is -2.27. The Kier molecular flexibility index (Phi) is 4.37. The Labute approximate surface area is 140 Å². The van der Waals surface area contributed by atoms with Crippen molar-refractivity contribution >= 4 is 11.6 Å². The lowest BCUT2D eigenvalue weighted by Crippen LogP contribution is -2.32. The van der Waals surface area contributed by atoms with Gasteiger partial charge in [0.1, 0.15) is 0 Å². The fourth-order valence-corrected chi connectivity index (χ4v) is 3.16. The highest BCUT2D eigenvalue weighted by atomic mass is 19.3. The van der Waals surface area contributed by atoms with Gasteiger partial charge in [0.2, 0.25) is 0 Å². The van der Waals surface area contributed by atoms with E-state index in [0.717, 1.165) is 11.1 Å². The number of hydrogen-bond acceptors (Lipinski definition) is 2. The van der Waals surface area contributed by atoms with E-state index >= 15 is 0 Å². The average molecular weight is 330 g/mol. The first-order chi connectivity index (χ1) is 11.4. The molecule has 1 amide bonds. The van der Waals surface area contributed by atoms with E-state index in [1.165, 1.54) is 11.0 Å². The van der Waals surface area contributed by atoms with Gasteiger partial charge in [-0.1, -0.05) is 24.3 Å². The van der Waals surface area contributed by atoms with E-state index in [0.29, 0.717) is 17.8 Å². The minimum Gasteiger partial charge on any atom is -0.326 e. The van der Waals surface area contributed by atoms with E-state index in [2.05, 4.69) is 0 Å². The van der Waals surface area contributed by atoms with Gasteiger partial charge in [-0.05, 0) is 42.7 Å². The topological polar surface area (TPSA) is 46.3 Å². The molecule has 24 heavy (non-hydrogen) atoms. The highest BCUT2D eigenvalue weighted by molar-refractivity contribution is 6.06. The van der Waals surface area contributed by atoms with Gasteiger partial charge in [0.15, 0.2) is 0 Å². The summed E-state index contributed by atoms with van der Waals surface area (Å²) in [5, 5.41) is 0. The summed E-state index contributed by atoms with van der Waals surface area (Å²) in [4.78, 5) is 14.4. The summed E-state index contributed by atoms with van der Waals surface area (Å²) in [5.74, 6) is -3.17. The summed E-state index contributed by atoms with van der Waals surface area (Å²) in [5.41, 5.74) is 8.26. The molecule has 0 fully saturated rings. The Morgan fingerprint density at radius 1 is 1.25 bits per heavy atom. The Balaban J connectivity index is 2.02. The number of carbonyl (C=O) groups is 1. The summed E-state index contributed by atoms with van der Waals surface area (Å²) in [6, 6.07) is 11.6. The molecule has 0 saturated carbocycles. The highest BCUT2D eigenvalue weighted by Gasteiger charge is 2.38. The van der Waals surface area contributed by atoms with Crippen molar-refractivity contribution in [3.63, 3.8) is 0 Å². The quantitative estimate of drug-likeness (QED) is 0.905.